The second-order valence-corrected chi connectivity index (χ2v) is 7.07. The minimum atomic E-state index is -3.67. The lowest BCUT2D eigenvalue weighted by molar-refractivity contribution is -0.115. The molecule has 2 heterocycles. The lowest BCUT2D eigenvalue weighted by Gasteiger charge is -2.14. The fraction of sp³-hybridized carbons (Fsp3) is 0.417. The second kappa shape index (κ2) is 5.00. The van der Waals surface area contributed by atoms with Crippen molar-refractivity contribution in [2.24, 2.45) is 0 Å². The van der Waals surface area contributed by atoms with Gasteiger partial charge in [-0.05, 0) is 30.7 Å². The van der Waals surface area contributed by atoms with Crippen LogP contribution in [0.25, 0.3) is 0 Å². The number of nitrogens with one attached hydrogen (secondary N) is 3. The zero-order chi connectivity index (χ0) is 14.3. The van der Waals surface area contributed by atoms with Gasteiger partial charge in [0, 0.05) is 18.3 Å². The first-order valence-corrected chi connectivity index (χ1v) is 8.17. The van der Waals surface area contributed by atoms with Gasteiger partial charge in [0.15, 0.2) is 0 Å². The van der Waals surface area contributed by atoms with Gasteiger partial charge in [0.1, 0.15) is 4.90 Å². The van der Waals surface area contributed by atoms with E-state index in [4.69, 9.17) is 11.6 Å². The molecule has 0 unspecified atom stereocenters. The van der Waals surface area contributed by atoms with Gasteiger partial charge in [-0.3, -0.25) is 4.79 Å². The standard InChI is InChI=1S/C12H14ClN3O3S/c13-9-5-10-7(4-12(17)15-10)3-11(9)20(18,19)16-8-1-2-14-6-8/h3,5,8,14,16H,1-2,4,6H2,(H,15,17)/t8-/m0/s1. The Morgan fingerprint density at radius 3 is 2.85 bits per heavy atom. The first kappa shape index (κ1) is 13.8. The van der Waals surface area contributed by atoms with Crippen LogP contribution in [0.2, 0.25) is 5.02 Å². The summed E-state index contributed by atoms with van der Waals surface area (Å²) in [5, 5.41) is 5.85. The molecule has 0 radical (unpaired) electrons. The summed E-state index contributed by atoms with van der Waals surface area (Å²) in [6.07, 6.45) is 0.932. The summed E-state index contributed by atoms with van der Waals surface area (Å²) in [5.41, 5.74) is 1.24. The van der Waals surface area contributed by atoms with Crippen molar-refractivity contribution in [3.8, 4) is 0 Å². The van der Waals surface area contributed by atoms with Gasteiger partial charge in [-0.2, -0.15) is 0 Å². The minimum absolute atomic E-state index is 0.0290. The smallest absolute Gasteiger partial charge is 0.242 e. The van der Waals surface area contributed by atoms with E-state index in [1.54, 1.807) is 0 Å². The van der Waals surface area contributed by atoms with Crippen LogP contribution in [-0.2, 0) is 21.2 Å². The molecule has 2 aliphatic heterocycles. The fourth-order valence-electron chi connectivity index (χ4n) is 2.47. The van der Waals surface area contributed by atoms with E-state index in [1.807, 2.05) is 0 Å². The molecular weight excluding hydrogens is 302 g/mol. The van der Waals surface area contributed by atoms with Gasteiger partial charge in [0.25, 0.3) is 0 Å². The van der Waals surface area contributed by atoms with Crippen molar-refractivity contribution in [1.82, 2.24) is 10.0 Å². The molecular formula is C12H14ClN3O3S. The highest BCUT2D eigenvalue weighted by molar-refractivity contribution is 7.89. The molecule has 6 nitrogen and oxygen atoms in total. The van der Waals surface area contributed by atoms with Gasteiger partial charge < -0.3 is 10.6 Å². The maximum absolute atomic E-state index is 12.4. The van der Waals surface area contributed by atoms with E-state index in [9.17, 15) is 13.2 Å². The van der Waals surface area contributed by atoms with Gasteiger partial charge in [-0.15, -0.1) is 0 Å². The average Bonchev–Trinajstić information content (AvgIpc) is 2.95. The Labute approximate surface area is 121 Å². The van der Waals surface area contributed by atoms with Crippen LogP contribution in [0.1, 0.15) is 12.0 Å². The SMILES string of the molecule is O=C1Cc2cc(S(=O)(=O)N[C@H]3CCNC3)c(Cl)cc2N1. The predicted molar refractivity (Wildman–Crippen MR) is 75.4 cm³/mol. The van der Waals surface area contributed by atoms with Crippen LogP contribution >= 0.6 is 11.6 Å². The molecule has 1 aromatic rings. The summed E-state index contributed by atoms with van der Waals surface area (Å²) in [7, 11) is -3.67. The van der Waals surface area contributed by atoms with E-state index in [0.717, 1.165) is 13.0 Å². The van der Waals surface area contributed by atoms with Crippen molar-refractivity contribution >= 4 is 33.2 Å². The maximum atomic E-state index is 12.4. The van der Waals surface area contributed by atoms with Crippen LogP contribution in [-0.4, -0.2) is 33.5 Å². The Morgan fingerprint density at radius 1 is 1.35 bits per heavy atom. The lowest BCUT2D eigenvalue weighted by atomic mass is 10.2. The Hall–Kier alpha value is -1.15. The van der Waals surface area contributed by atoms with Crippen molar-refractivity contribution in [2.75, 3.05) is 18.4 Å². The van der Waals surface area contributed by atoms with E-state index < -0.39 is 10.0 Å². The summed E-state index contributed by atoms with van der Waals surface area (Å²) in [5.74, 6) is -0.154. The maximum Gasteiger partial charge on any atom is 0.242 e. The number of anilines is 1. The number of rotatable bonds is 3. The Balaban J connectivity index is 1.93. The number of hydrogen-bond acceptors (Lipinski definition) is 4. The van der Waals surface area contributed by atoms with E-state index in [1.165, 1.54) is 12.1 Å². The third-order valence-corrected chi connectivity index (χ3v) is 5.44. The molecule has 108 valence electrons. The summed E-state index contributed by atoms with van der Waals surface area (Å²) < 4.78 is 27.4. The fourth-order valence-corrected chi connectivity index (χ4v) is 4.32. The highest BCUT2D eigenvalue weighted by Crippen LogP contribution is 2.32. The largest absolute Gasteiger partial charge is 0.325 e. The van der Waals surface area contributed by atoms with E-state index in [2.05, 4.69) is 15.4 Å². The van der Waals surface area contributed by atoms with E-state index >= 15 is 0 Å². The van der Waals surface area contributed by atoms with Crippen LogP contribution in [0.5, 0.6) is 0 Å². The molecule has 20 heavy (non-hydrogen) atoms. The molecule has 1 amide bonds. The molecule has 1 saturated heterocycles. The van der Waals surface area contributed by atoms with E-state index in [-0.39, 0.29) is 28.3 Å². The van der Waals surface area contributed by atoms with Gasteiger partial charge >= 0.3 is 0 Å². The zero-order valence-corrected chi connectivity index (χ0v) is 12.1. The number of sulfonamides is 1. The Kier molecular flexibility index (Phi) is 3.45. The van der Waals surface area contributed by atoms with Crippen molar-refractivity contribution in [2.45, 2.75) is 23.8 Å². The van der Waals surface area contributed by atoms with Crippen LogP contribution in [0.3, 0.4) is 0 Å². The molecule has 3 N–H and O–H groups in total. The number of halogens is 1. The van der Waals surface area contributed by atoms with Crippen LogP contribution in [0, 0.1) is 0 Å². The van der Waals surface area contributed by atoms with Gasteiger partial charge in [-0.25, -0.2) is 13.1 Å². The number of fused-ring (bicyclic) bond motifs is 1. The Bertz CT molecular complexity index is 669. The number of hydrogen-bond donors (Lipinski definition) is 3. The number of carbonyl (C=O) groups is 1. The summed E-state index contributed by atoms with van der Waals surface area (Å²) in [6.45, 7) is 1.41. The number of carbonyl (C=O) groups excluding carboxylic acids is 1. The van der Waals surface area contributed by atoms with Crippen LogP contribution in [0.15, 0.2) is 17.0 Å². The van der Waals surface area contributed by atoms with Crippen LogP contribution in [0.4, 0.5) is 5.69 Å². The molecule has 1 aromatic carbocycles. The lowest BCUT2D eigenvalue weighted by Crippen LogP contribution is -2.36. The van der Waals surface area contributed by atoms with Crippen molar-refractivity contribution in [3.63, 3.8) is 0 Å². The quantitative estimate of drug-likeness (QED) is 0.757. The third-order valence-electron chi connectivity index (χ3n) is 3.45. The molecule has 2 aliphatic rings. The van der Waals surface area contributed by atoms with Crippen molar-refractivity contribution in [1.29, 1.82) is 0 Å². The predicted octanol–water partition coefficient (Wildman–Crippen LogP) is 0.475. The molecule has 0 aromatic heterocycles. The summed E-state index contributed by atoms with van der Waals surface area (Å²) in [6, 6.07) is 2.84. The monoisotopic (exact) mass is 315 g/mol. The number of amides is 1. The molecule has 0 aliphatic carbocycles. The average molecular weight is 316 g/mol. The molecule has 8 heteroatoms. The summed E-state index contributed by atoms with van der Waals surface area (Å²) in [4.78, 5) is 11.4. The topological polar surface area (TPSA) is 87.3 Å². The molecule has 0 bridgehead atoms. The molecule has 1 atom stereocenters. The summed E-state index contributed by atoms with van der Waals surface area (Å²) >= 11 is 6.04. The Morgan fingerprint density at radius 2 is 2.15 bits per heavy atom. The van der Waals surface area contributed by atoms with Gasteiger partial charge in [0.05, 0.1) is 11.4 Å². The molecule has 0 spiro atoms. The molecule has 3 rings (SSSR count). The molecule has 1 fully saturated rings. The van der Waals surface area contributed by atoms with E-state index in [0.29, 0.717) is 17.8 Å². The first-order chi connectivity index (χ1) is 9.45. The highest BCUT2D eigenvalue weighted by atomic mass is 35.5. The highest BCUT2D eigenvalue weighted by Gasteiger charge is 2.27. The number of benzene rings is 1. The first-order valence-electron chi connectivity index (χ1n) is 6.31. The second-order valence-electron chi connectivity index (χ2n) is 4.98. The molecule has 0 saturated carbocycles. The third kappa shape index (κ3) is 2.54. The van der Waals surface area contributed by atoms with Gasteiger partial charge in [0.2, 0.25) is 15.9 Å². The van der Waals surface area contributed by atoms with Gasteiger partial charge in [-0.1, -0.05) is 11.6 Å². The van der Waals surface area contributed by atoms with Crippen molar-refractivity contribution < 1.29 is 13.2 Å². The normalized spacial score (nSPS) is 21.9. The minimum Gasteiger partial charge on any atom is -0.325 e. The van der Waals surface area contributed by atoms with Crippen LogP contribution < -0.4 is 15.4 Å². The zero-order valence-electron chi connectivity index (χ0n) is 10.6. The van der Waals surface area contributed by atoms with Crippen molar-refractivity contribution in [3.05, 3.63) is 22.7 Å².